The molecule has 0 aliphatic rings. The minimum absolute atomic E-state index is 0.0557. The van der Waals surface area contributed by atoms with Gasteiger partial charge in [-0.25, -0.2) is 0 Å². The van der Waals surface area contributed by atoms with Crippen LogP contribution in [-0.2, 0) is 21.5 Å². The van der Waals surface area contributed by atoms with E-state index in [2.05, 4.69) is 26.1 Å². The Labute approximate surface area is 193 Å². The smallest absolute Gasteiger partial charge is 0.261 e. The van der Waals surface area contributed by atoms with Gasteiger partial charge in [-0.05, 0) is 42.4 Å². The van der Waals surface area contributed by atoms with Crippen LogP contribution >= 0.6 is 0 Å². The van der Waals surface area contributed by atoms with Crippen molar-refractivity contribution in [2.75, 3.05) is 6.61 Å². The second-order valence-corrected chi connectivity index (χ2v) is 9.28. The third-order valence-corrected chi connectivity index (χ3v) is 5.63. The zero-order valence-corrected chi connectivity index (χ0v) is 20.4. The number of amides is 2. The fraction of sp³-hybridized carbons (Fsp3) is 0.481. The van der Waals surface area contributed by atoms with Gasteiger partial charge in [-0.15, -0.1) is 0 Å². The van der Waals surface area contributed by atoms with E-state index < -0.39 is 6.04 Å². The van der Waals surface area contributed by atoms with Gasteiger partial charge in [0, 0.05) is 12.6 Å². The van der Waals surface area contributed by atoms with Crippen molar-refractivity contribution in [3.63, 3.8) is 0 Å². The maximum atomic E-state index is 13.4. The summed E-state index contributed by atoms with van der Waals surface area (Å²) < 4.78 is 6.00. The Hall–Kier alpha value is -2.82. The molecule has 0 fully saturated rings. The van der Waals surface area contributed by atoms with Crippen LogP contribution in [0.3, 0.4) is 0 Å². The summed E-state index contributed by atoms with van der Waals surface area (Å²) in [6.07, 6.45) is 1.36. The molecular weight excluding hydrogens is 400 g/mol. The second kappa shape index (κ2) is 11.7. The van der Waals surface area contributed by atoms with Gasteiger partial charge in [-0.3, -0.25) is 9.59 Å². The standard InChI is InChI=1S/C27H38N2O3/c1-7-20(3)28-26(31)23(8-2)29(18-21-14-10-9-11-15-21)25(30)19-32-24-17-13-12-16-22(24)27(4,5)6/h9-17,20,23H,7-8,18-19H2,1-6H3,(H,28,31)/t20-,23+/m1/s1. The molecule has 2 rings (SSSR count). The Morgan fingerprint density at radius 3 is 2.19 bits per heavy atom. The maximum Gasteiger partial charge on any atom is 0.261 e. The third-order valence-electron chi connectivity index (χ3n) is 5.63. The topological polar surface area (TPSA) is 58.6 Å². The molecule has 0 saturated heterocycles. The van der Waals surface area contributed by atoms with Crippen LogP contribution in [0.25, 0.3) is 0 Å². The van der Waals surface area contributed by atoms with Crippen molar-refractivity contribution in [2.45, 2.75) is 78.4 Å². The van der Waals surface area contributed by atoms with Gasteiger partial charge in [0.15, 0.2) is 6.61 Å². The number of carbonyl (C=O) groups excluding carboxylic acids is 2. The minimum atomic E-state index is -0.557. The predicted octanol–water partition coefficient (Wildman–Crippen LogP) is 5.09. The molecule has 2 amide bonds. The van der Waals surface area contributed by atoms with Gasteiger partial charge in [0.05, 0.1) is 0 Å². The SMILES string of the molecule is CC[C@@H](C)NC(=O)[C@H](CC)N(Cc1ccccc1)C(=O)COc1ccccc1C(C)(C)C. The van der Waals surface area contributed by atoms with Crippen molar-refractivity contribution >= 4 is 11.8 Å². The molecule has 0 unspecified atom stereocenters. The van der Waals surface area contributed by atoms with Crippen LogP contribution in [0.1, 0.15) is 65.5 Å². The maximum absolute atomic E-state index is 13.4. The molecule has 1 N–H and O–H groups in total. The predicted molar refractivity (Wildman–Crippen MR) is 130 cm³/mol. The zero-order valence-electron chi connectivity index (χ0n) is 20.4. The van der Waals surface area contributed by atoms with E-state index in [0.29, 0.717) is 18.7 Å². The molecular formula is C27H38N2O3. The highest BCUT2D eigenvalue weighted by Gasteiger charge is 2.30. The highest BCUT2D eigenvalue weighted by Crippen LogP contribution is 2.31. The average Bonchev–Trinajstić information content (AvgIpc) is 2.77. The van der Waals surface area contributed by atoms with Crippen LogP contribution < -0.4 is 10.1 Å². The van der Waals surface area contributed by atoms with E-state index in [9.17, 15) is 9.59 Å². The first-order chi connectivity index (χ1) is 15.2. The number of hydrogen-bond acceptors (Lipinski definition) is 3. The molecule has 5 heteroatoms. The molecule has 2 aromatic rings. The highest BCUT2D eigenvalue weighted by atomic mass is 16.5. The summed E-state index contributed by atoms with van der Waals surface area (Å²) in [6.45, 7) is 12.5. The van der Waals surface area contributed by atoms with Crippen LogP contribution in [0.15, 0.2) is 54.6 Å². The van der Waals surface area contributed by atoms with Gasteiger partial charge in [-0.2, -0.15) is 0 Å². The number of para-hydroxylation sites is 1. The summed E-state index contributed by atoms with van der Waals surface area (Å²) in [5, 5.41) is 3.03. The van der Waals surface area contributed by atoms with E-state index >= 15 is 0 Å². The molecule has 0 aromatic heterocycles. The monoisotopic (exact) mass is 438 g/mol. The van der Waals surface area contributed by atoms with Crippen LogP contribution in [-0.4, -0.2) is 35.4 Å². The molecule has 5 nitrogen and oxygen atoms in total. The normalized spacial score (nSPS) is 13.2. The van der Waals surface area contributed by atoms with Crippen molar-refractivity contribution in [1.29, 1.82) is 0 Å². The van der Waals surface area contributed by atoms with Crippen LogP contribution in [0, 0.1) is 0 Å². The van der Waals surface area contributed by atoms with Gasteiger partial charge in [0.1, 0.15) is 11.8 Å². The lowest BCUT2D eigenvalue weighted by Crippen LogP contribution is -2.51. The highest BCUT2D eigenvalue weighted by molar-refractivity contribution is 5.88. The molecule has 0 bridgehead atoms. The summed E-state index contributed by atoms with van der Waals surface area (Å²) in [5.41, 5.74) is 1.92. The number of benzene rings is 2. The average molecular weight is 439 g/mol. The van der Waals surface area contributed by atoms with Gasteiger partial charge >= 0.3 is 0 Å². The number of ether oxygens (including phenoxy) is 1. The fourth-order valence-corrected chi connectivity index (χ4v) is 3.58. The lowest BCUT2D eigenvalue weighted by atomic mass is 9.86. The number of nitrogens with one attached hydrogen (secondary N) is 1. The summed E-state index contributed by atoms with van der Waals surface area (Å²) in [7, 11) is 0. The first-order valence-corrected chi connectivity index (χ1v) is 11.5. The Kier molecular flexibility index (Phi) is 9.30. The van der Waals surface area contributed by atoms with Crippen molar-refractivity contribution in [3.05, 3.63) is 65.7 Å². The lowest BCUT2D eigenvalue weighted by Gasteiger charge is -2.31. The molecule has 0 heterocycles. The number of nitrogens with zero attached hydrogens (tertiary/aromatic N) is 1. The number of rotatable bonds is 10. The summed E-state index contributed by atoms with van der Waals surface area (Å²) >= 11 is 0. The van der Waals surface area contributed by atoms with E-state index in [-0.39, 0.29) is 29.9 Å². The quantitative estimate of drug-likeness (QED) is 0.562. The minimum Gasteiger partial charge on any atom is -0.483 e. The summed E-state index contributed by atoms with van der Waals surface area (Å²) in [6, 6.07) is 17.0. The van der Waals surface area contributed by atoms with E-state index in [1.54, 1.807) is 4.90 Å². The van der Waals surface area contributed by atoms with Crippen molar-refractivity contribution in [3.8, 4) is 5.75 Å². The molecule has 2 aromatic carbocycles. The van der Waals surface area contributed by atoms with Gasteiger partial charge in [0.2, 0.25) is 5.91 Å². The van der Waals surface area contributed by atoms with Crippen LogP contribution in [0.4, 0.5) is 0 Å². The Morgan fingerprint density at radius 1 is 0.969 bits per heavy atom. The molecule has 0 saturated carbocycles. The van der Waals surface area contributed by atoms with Crippen molar-refractivity contribution < 1.29 is 14.3 Å². The van der Waals surface area contributed by atoms with Gasteiger partial charge < -0.3 is 15.0 Å². The van der Waals surface area contributed by atoms with Gasteiger partial charge in [-0.1, -0.05) is 83.1 Å². The number of hydrogen-bond donors (Lipinski definition) is 1. The molecule has 174 valence electrons. The summed E-state index contributed by atoms with van der Waals surface area (Å²) in [4.78, 5) is 28.0. The first-order valence-electron chi connectivity index (χ1n) is 11.5. The number of carbonyl (C=O) groups is 2. The second-order valence-electron chi connectivity index (χ2n) is 9.28. The van der Waals surface area contributed by atoms with Crippen molar-refractivity contribution in [2.24, 2.45) is 0 Å². The summed E-state index contributed by atoms with van der Waals surface area (Å²) in [5.74, 6) is 0.370. The Balaban J connectivity index is 2.25. The van der Waals surface area contributed by atoms with E-state index in [0.717, 1.165) is 17.5 Å². The molecule has 2 atom stereocenters. The molecule has 0 radical (unpaired) electrons. The van der Waals surface area contributed by atoms with Crippen LogP contribution in [0.2, 0.25) is 0 Å². The first kappa shape index (κ1) is 25.4. The Morgan fingerprint density at radius 2 is 1.59 bits per heavy atom. The zero-order chi connectivity index (χ0) is 23.7. The lowest BCUT2D eigenvalue weighted by molar-refractivity contribution is -0.143. The largest absolute Gasteiger partial charge is 0.483 e. The molecule has 32 heavy (non-hydrogen) atoms. The fourth-order valence-electron chi connectivity index (χ4n) is 3.58. The van der Waals surface area contributed by atoms with E-state index in [1.165, 1.54) is 0 Å². The third kappa shape index (κ3) is 7.11. The Bertz CT molecular complexity index is 874. The van der Waals surface area contributed by atoms with Crippen LogP contribution in [0.5, 0.6) is 5.75 Å². The van der Waals surface area contributed by atoms with E-state index in [1.807, 2.05) is 75.4 Å². The molecule has 0 aliphatic carbocycles. The van der Waals surface area contributed by atoms with E-state index in [4.69, 9.17) is 4.74 Å². The molecule has 0 spiro atoms. The van der Waals surface area contributed by atoms with Crippen molar-refractivity contribution in [1.82, 2.24) is 10.2 Å². The van der Waals surface area contributed by atoms with Gasteiger partial charge in [0.25, 0.3) is 5.91 Å². The molecule has 0 aliphatic heterocycles.